The molecule has 0 aromatic carbocycles. The molecule has 1 saturated heterocycles. The second-order valence-corrected chi connectivity index (χ2v) is 7.63. The molecule has 2 heteroatoms. The Morgan fingerprint density at radius 3 is 2.35 bits per heavy atom. The first-order chi connectivity index (χ1) is 8.04. The summed E-state index contributed by atoms with van der Waals surface area (Å²) in [6.45, 7) is 11.1. The highest BCUT2D eigenvalue weighted by Gasteiger charge is 2.42. The van der Waals surface area contributed by atoms with Crippen LogP contribution in [0.1, 0.15) is 46.5 Å². The Labute approximate surface area is 106 Å². The van der Waals surface area contributed by atoms with Crippen molar-refractivity contribution in [3.8, 4) is 0 Å². The summed E-state index contributed by atoms with van der Waals surface area (Å²) in [6.07, 6.45) is 5.90. The molecule has 0 amide bonds. The second-order valence-electron chi connectivity index (χ2n) is 7.63. The molecule has 17 heavy (non-hydrogen) atoms. The summed E-state index contributed by atoms with van der Waals surface area (Å²) in [5.41, 5.74) is 0.413. The summed E-state index contributed by atoms with van der Waals surface area (Å²) >= 11 is 0. The van der Waals surface area contributed by atoms with Gasteiger partial charge in [0.1, 0.15) is 0 Å². The van der Waals surface area contributed by atoms with Crippen molar-refractivity contribution in [1.82, 2.24) is 10.2 Å². The van der Waals surface area contributed by atoms with Gasteiger partial charge in [0.05, 0.1) is 0 Å². The van der Waals surface area contributed by atoms with Crippen molar-refractivity contribution in [2.45, 2.75) is 58.5 Å². The molecule has 0 radical (unpaired) electrons. The predicted molar refractivity (Wildman–Crippen MR) is 72.1 cm³/mol. The summed E-state index contributed by atoms with van der Waals surface area (Å²) in [6, 6.07) is 1.53. The standard InChI is InChI=1S/C15H28N2/c1-15(2,3)14-8-16-13(12-6-7-12)10-17(14)9-11-4-5-11/h11-14,16H,4-10H2,1-3H3. The Kier molecular flexibility index (Phi) is 2.99. The Balaban J connectivity index is 1.65. The Morgan fingerprint density at radius 1 is 1.12 bits per heavy atom. The van der Waals surface area contributed by atoms with Crippen LogP contribution in [-0.4, -0.2) is 36.6 Å². The lowest BCUT2D eigenvalue weighted by Crippen LogP contribution is -2.61. The molecule has 3 fully saturated rings. The van der Waals surface area contributed by atoms with Crippen molar-refractivity contribution in [2.24, 2.45) is 17.3 Å². The van der Waals surface area contributed by atoms with E-state index in [-0.39, 0.29) is 0 Å². The zero-order chi connectivity index (χ0) is 12.0. The normalized spacial score (nSPS) is 36.2. The average molecular weight is 236 g/mol. The molecule has 2 saturated carbocycles. The van der Waals surface area contributed by atoms with Gasteiger partial charge in [0.25, 0.3) is 0 Å². The molecular formula is C15H28N2. The maximum absolute atomic E-state index is 3.82. The molecule has 1 heterocycles. The van der Waals surface area contributed by atoms with E-state index < -0.39 is 0 Å². The van der Waals surface area contributed by atoms with Gasteiger partial charge in [0, 0.05) is 31.7 Å². The van der Waals surface area contributed by atoms with Gasteiger partial charge in [-0.3, -0.25) is 4.90 Å². The molecule has 2 atom stereocenters. The quantitative estimate of drug-likeness (QED) is 0.810. The van der Waals surface area contributed by atoms with Crippen LogP contribution in [0.25, 0.3) is 0 Å². The van der Waals surface area contributed by atoms with E-state index in [9.17, 15) is 0 Å². The third-order valence-corrected chi connectivity index (χ3v) is 4.83. The highest BCUT2D eigenvalue weighted by Crippen LogP contribution is 2.38. The van der Waals surface area contributed by atoms with Gasteiger partial charge < -0.3 is 5.32 Å². The van der Waals surface area contributed by atoms with Crippen LogP contribution in [0.2, 0.25) is 0 Å². The monoisotopic (exact) mass is 236 g/mol. The number of piperazine rings is 1. The van der Waals surface area contributed by atoms with Crippen LogP contribution in [0.15, 0.2) is 0 Å². The van der Waals surface area contributed by atoms with E-state index in [4.69, 9.17) is 0 Å². The molecule has 0 spiro atoms. The van der Waals surface area contributed by atoms with Crippen LogP contribution < -0.4 is 5.32 Å². The Hall–Kier alpha value is -0.0800. The molecule has 2 unspecified atom stereocenters. The largest absolute Gasteiger partial charge is 0.311 e. The summed E-state index contributed by atoms with van der Waals surface area (Å²) in [5, 5.41) is 3.82. The van der Waals surface area contributed by atoms with E-state index in [2.05, 4.69) is 31.0 Å². The van der Waals surface area contributed by atoms with E-state index in [0.29, 0.717) is 5.41 Å². The van der Waals surface area contributed by atoms with Crippen LogP contribution in [0, 0.1) is 17.3 Å². The molecule has 3 aliphatic rings. The van der Waals surface area contributed by atoms with Gasteiger partial charge in [-0.05, 0) is 42.9 Å². The van der Waals surface area contributed by atoms with E-state index in [0.717, 1.165) is 23.9 Å². The lowest BCUT2D eigenvalue weighted by molar-refractivity contribution is 0.0476. The van der Waals surface area contributed by atoms with Crippen molar-refractivity contribution in [1.29, 1.82) is 0 Å². The van der Waals surface area contributed by atoms with Crippen molar-refractivity contribution < 1.29 is 0 Å². The minimum absolute atomic E-state index is 0.413. The summed E-state index contributed by atoms with van der Waals surface area (Å²) in [7, 11) is 0. The van der Waals surface area contributed by atoms with Crippen LogP contribution >= 0.6 is 0 Å². The third kappa shape index (κ3) is 2.85. The molecule has 0 aromatic heterocycles. The zero-order valence-electron chi connectivity index (χ0n) is 11.7. The van der Waals surface area contributed by atoms with Gasteiger partial charge in [-0.25, -0.2) is 0 Å². The fraction of sp³-hybridized carbons (Fsp3) is 1.00. The molecule has 2 aliphatic carbocycles. The molecule has 0 aromatic rings. The van der Waals surface area contributed by atoms with Gasteiger partial charge in [0.15, 0.2) is 0 Å². The minimum atomic E-state index is 0.413. The third-order valence-electron chi connectivity index (χ3n) is 4.83. The molecule has 2 nitrogen and oxygen atoms in total. The molecule has 1 aliphatic heterocycles. The van der Waals surface area contributed by atoms with Crippen LogP contribution in [0.3, 0.4) is 0 Å². The van der Waals surface area contributed by atoms with Gasteiger partial charge in [-0.1, -0.05) is 20.8 Å². The van der Waals surface area contributed by atoms with E-state index in [1.165, 1.54) is 45.3 Å². The maximum Gasteiger partial charge on any atom is 0.0269 e. The first-order valence-corrected chi connectivity index (χ1v) is 7.51. The lowest BCUT2D eigenvalue weighted by Gasteiger charge is -2.47. The van der Waals surface area contributed by atoms with Crippen molar-refractivity contribution in [3.05, 3.63) is 0 Å². The number of hydrogen-bond donors (Lipinski definition) is 1. The molecule has 3 rings (SSSR count). The first kappa shape index (κ1) is 12.0. The minimum Gasteiger partial charge on any atom is -0.311 e. The smallest absolute Gasteiger partial charge is 0.0269 e. The average Bonchev–Trinajstić information content (AvgIpc) is 3.11. The van der Waals surface area contributed by atoms with Crippen molar-refractivity contribution in [2.75, 3.05) is 19.6 Å². The van der Waals surface area contributed by atoms with Crippen LogP contribution in [-0.2, 0) is 0 Å². The van der Waals surface area contributed by atoms with E-state index in [1.807, 2.05) is 0 Å². The zero-order valence-corrected chi connectivity index (χ0v) is 11.7. The highest BCUT2D eigenvalue weighted by molar-refractivity contribution is 4.98. The first-order valence-electron chi connectivity index (χ1n) is 7.51. The van der Waals surface area contributed by atoms with Gasteiger partial charge in [0.2, 0.25) is 0 Å². The lowest BCUT2D eigenvalue weighted by atomic mass is 9.83. The van der Waals surface area contributed by atoms with E-state index >= 15 is 0 Å². The number of hydrogen-bond acceptors (Lipinski definition) is 2. The highest BCUT2D eigenvalue weighted by atomic mass is 15.2. The van der Waals surface area contributed by atoms with E-state index in [1.54, 1.807) is 0 Å². The topological polar surface area (TPSA) is 15.3 Å². The number of rotatable bonds is 3. The van der Waals surface area contributed by atoms with Gasteiger partial charge in [-0.15, -0.1) is 0 Å². The Bertz CT molecular complexity index is 273. The summed E-state index contributed by atoms with van der Waals surface area (Å²) < 4.78 is 0. The van der Waals surface area contributed by atoms with Gasteiger partial charge >= 0.3 is 0 Å². The fourth-order valence-corrected chi connectivity index (χ4v) is 3.34. The SMILES string of the molecule is CC(C)(C)C1CNC(C2CC2)CN1CC1CC1. The molecule has 98 valence electrons. The molecular weight excluding hydrogens is 208 g/mol. The van der Waals surface area contributed by atoms with Crippen LogP contribution in [0.5, 0.6) is 0 Å². The fourth-order valence-electron chi connectivity index (χ4n) is 3.34. The Morgan fingerprint density at radius 2 is 1.82 bits per heavy atom. The number of nitrogens with one attached hydrogen (secondary N) is 1. The predicted octanol–water partition coefficient (Wildman–Crippen LogP) is 2.49. The van der Waals surface area contributed by atoms with Crippen molar-refractivity contribution in [3.63, 3.8) is 0 Å². The summed E-state index contributed by atoms with van der Waals surface area (Å²) in [5.74, 6) is 2.02. The summed E-state index contributed by atoms with van der Waals surface area (Å²) in [4.78, 5) is 2.82. The maximum atomic E-state index is 3.82. The molecule has 1 N–H and O–H groups in total. The van der Waals surface area contributed by atoms with Crippen LogP contribution in [0.4, 0.5) is 0 Å². The molecule has 0 bridgehead atoms. The van der Waals surface area contributed by atoms with Crippen molar-refractivity contribution >= 4 is 0 Å². The second kappa shape index (κ2) is 4.24. The number of nitrogens with zero attached hydrogens (tertiary/aromatic N) is 1. The van der Waals surface area contributed by atoms with Gasteiger partial charge in [-0.2, -0.15) is 0 Å².